The van der Waals surface area contributed by atoms with Gasteiger partial charge in [-0.2, -0.15) is 0 Å². The van der Waals surface area contributed by atoms with Crippen LogP contribution < -0.4 is 6.15 Å². The number of hydrogen-bond donors (Lipinski definition) is 1. The molecule has 0 atom stereocenters. The Bertz CT molecular complexity index is 151. The van der Waals surface area contributed by atoms with E-state index < -0.39 is 9.53 Å². The van der Waals surface area contributed by atoms with Crippen molar-refractivity contribution < 1.29 is 13.3 Å². The van der Waals surface area contributed by atoms with Crippen LogP contribution in [0, 0.1) is 0 Å². The zero-order chi connectivity index (χ0) is 16.3. The summed E-state index contributed by atoms with van der Waals surface area (Å²) in [6, 6.07) is 0. The molecule has 1 rings (SSSR count). The molecule has 1 aliphatic rings. The molecule has 0 unspecified atom stereocenters. The maximum atomic E-state index is 5.22. The minimum Gasteiger partial charge on any atom is -0.376 e. The van der Waals surface area contributed by atoms with Crippen molar-refractivity contribution in [3.05, 3.63) is 0 Å². The van der Waals surface area contributed by atoms with Gasteiger partial charge in [0.15, 0.2) is 0 Å². The number of rotatable bonds is 6. The molecule has 1 aliphatic carbocycles. The van der Waals surface area contributed by atoms with Crippen molar-refractivity contribution in [3.8, 4) is 0 Å². The van der Waals surface area contributed by atoms with E-state index in [1.807, 2.05) is 20.8 Å². The quantitative estimate of drug-likeness (QED) is 0.629. The summed E-state index contributed by atoms with van der Waals surface area (Å²) in [5.41, 5.74) is 0. The summed E-state index contributed by atoms with van der Waals surface area (Å²) in [6.07, 6.45) is 18.0. The number of hydrogen-bond acceptors (Lipinski definition) is 4. The van der Waals surface area contributed by atoms with E-state index in [1.54, 1.807) is 0 Å². The molecule has 0 aromatic rings. The highest BCUT2D eigenvalue weighted by Crippen LogP contribution is 2.15. The summed E-state index contributed by atoms with van der Waals surface area (Å²) < 4.78 is 15.7. The van der Waals surface area contributed by atoms with Gasteiger partial charge in [-0.3, -0.25) is 0 Å². The zero-order valence-corrected chi connectivity index (χ0v) is 17.3. The molecule has 0 aromatic carbocycles. The molecule has 0 aromatic heterocycles. The van der Waals surface area contributed by atoms with Gasteiger partial charge in [-0.05, 0) is 20.8 Å². The largest absolute Gasteiger partial charge is 0.484 e. The Morgan fingerprint density at radius 2 is 0.652 bits per heavy atom. The minimum absolute atomic E-state index is 0. The molecule has 1 saturated carbocycles. The van der Waals surface area contributed by atoms with E-state index >= 15 is 0 Å². The molecule has 0 aliphatic heterocycles. The highest BCUT2D eigenvalue weighted by molar-refractivity contribution is 6.36. The van der Waals surface area contributed by atoms with Gasteiger partial charge in [0.1, 0.15) is 0 Å². The molecule has 1 fully saturated rings. The van der Waals surface area contributed by atoms with Crippen LogP contribution in [0.4, 0.5) is 0 Å². The van der Waals surface area contributed by atoms with Gasteiger partial charge in [0.05, 0.1) is 0 Å². The normalized spacial score (nSPS) is 17.2. The van der Waals surface area contributed by atoms with Crippen LogP contribution in [0.25, 0.3) is 0 Å². The second kappa shape index (κ2) is 22.1. The van der Waals surface area contributed by atoms with Crippen molar-refractivity contribution in [3.63, 3.8) is 0 Å². The van der Waals surface area contributed by atoms with E-state index in [9.17, 15) is 0 Å². The highest BCUT2D eigenvalue weighted by Gasteiger charge is 2.11. The van der Waals surface area contributed by atoms with Crippen molar-refractivity contribution in [2.45, 2.75) is 97.8 Å². The van der Waals surface area contributed by atoms with Crippen molar-refractivity contribution in [2.24, 2.45) is 0 Å². The Hall–Kier alpha value is 0.0569. The predicted octanol–water partition coefficient (Wildman–Crippen LogP) is 5.66. The fourth-order valence-corrected chi connectivity index (χ4v) is 3.78. The van der Waals surface area contributed by atoms with Crippen LogP contribution in [0.2, 0.25) is 0 Å². The Morgan fingerprint density at radius 1 is 0.478 bits per heavy atom. The summed E-state index contributed by atoms with van der Waals surface area (Å²) >= 11 is 0. The van der Waals surface area contributed by atoms with E-state index in [2.05, 4.69) is 0 Å². The molecular weight excluding hydrogens is 306 g/mol. The van der Waals surface area contributed by atoms with Crippen molar-refractivity contribution in [1.82, 2.24) is 6.15 Å². The maximum absolute atomic E-state index is 5.22. The van der Waals surface area contributed by atoms with Crippen LogP contribution >= 0.6 is 0 Å². The molecule has 0 saturated heterocycles. The van der Waals surface area contributed by atoms with Crippen LogP contribution in [-0.2, 0) is 13.3 Å². The van der Waals surface area contributed by atoms with E-state index in [-0.39, 0.29) is 6.15 Å². The van der Waals surface area contributed by atoms with Gasteiger partial charge in [0.25, 0.3) is 0 Å². The monoisotopic (exact) mass is 349 g/mol. The van der Waals surface area contributed by atoms with Crippen LogP contribution in [0.15, 0.2) is 0 Å². The lowest BCUT2D eigenvalue weighted by atomic mass is 10.0. The second-order valence-corrected chi connectivity index (χ2v) is 7.47. The topological polar surface area (TPSA) is 62.7 Å². The van der Waals surface area contributed by atoms with Gasteiger partial charge in [0.2, 0.25) is 0 Å². The fraction of sp³-hybridized carbons (Fsp3) is 1.00. The Labute approximate surface area is 147 Å². The third-order valence-corrected chi connectivity index (χ3v) is 5.72. The lowest BCUT2D eigenvalue weighted by Crippen LogP contribution is -2.27. The van der Waals surface area contributed by atoms with Gasteiger partial charge in [-0.25, -0.2) is 0 Å². The zero-order valence-electron chi connectivity index (χ0n) is 16.1. The van der Waals surface area contributed by atoms with E-state index in [1.165, 1.54) is 77.0 Å². The molecule has 0 amide bonds. The fourth-order valence-electron chi connectivity index (χ4n) is 2.67. The minimum atomic E-state index is -1.73. The molecule has 23 heavy (non-hydrogen) atoms. The summed E-state index contributed by atoms with van der Waals surface area (Å²) in [7, 11) is -1.73. The Kier molecular flexibility index (Phi) is 24.3. The highest BCUT2D eigenvalue weighted by atomic mass is 28.3. The van der Waals surface area contributed by atoms with Gasteiger partial charge in [-0.1, -0.05) is 77.0 Å². The SMILES string of the molecule is C1CCCCCCCCCCC1.CCO[SiH](OCC)OCC.N. The molecule has 5 heteroatoms. The second-order valence-electron chi connectivity index (χ2n) is 5.90. The molecule has 3 N–H and O–H groups in total. The third-order valence-electron chi connectivity index (χ3n) is 3.91. The average Bonchev–Trinajstić information content (AvgIpc) is 2.49. The summed E-state index contributed by atoms with van der Waals surface area (Å²) in [6.45, 7) is 7.86. The Morgan fingerprint density at radius 3 is 0.783 bits per heavy atom. The van der Waals surface area contributed by atoms with E-state index in [4.69, 9.17) is 13.3 Å². The molecule has 0 spiro atoms. The van der Waals surface area contributed by atoms with Gasteiger partial charge in [-0.15, -0.1) is 0 Å². The van der Waals surface area contributed by atoms with Gasteiger partial charge < -0.3 is 19.4 Å². The van der Waals surface area contributed by atoms with Crippen LogP contribution in [0.3, 0.4) is 0 Å². The third kappa shape index (κ3) is 20.0. The maximum Gasteiger partial charge on any atom is 0.484 e. The molecule has 0 radical (unpaired) electrons. The predicted molar refractivity (Wildman–Crippen MR) is 102 cm³/mol. The smallest absolute Gasteiger partial charge is 0.376 e. The molecule has 4 nitrogen and oxygen atoms in total. The summed E-state index contributed by atoms with van der Waals surface area (Å²) in [5, 5.41) is 0. The van der Waals surface area contributed by atoms with Crippen molar-refractivity contribution in [1.29, 1.82) is 0 Å². The molecule has 0 heterocycles. The Balaban J connectivity index is 0. The first kappa shape index (κ1) is 25.3. The van der Waals surface area contributed by atoms with E-state index in [0.717, 1.165) is 0 Å². The van der Waals surface area contributed by atoms with E-state index in [0.29, 0.717) is 19.8 Å². The first-order valence-electron chi connectivity index (χ1n) is 9.69. The molecular formula is C18H43NO3Si. The molecule has 0 bridgehead atoms. The van der Waals surface area contributed by atoms with Crippen LogP contribution in [0.5, 0.6) is 0 Å². The summed E-state index contributed by atoms with van der Waals surface area (Å²) in [5.74, 6) is 0. The van der Waals surface area contributed by atoms with Gasteiger partial charge in [0, 0.05) is 19.8 Å². The lowest BCUT2D eigenvalue weighted by Gasteiger charge is -2.12. The molecule has 142 valence electrons. The first-order valence-corrected chi connectivity index (χ1v) is 11.1. The van der Waals surface area contributed by atoms with Crippen molar-refractivity contribution in [2.75, 3.05) is 19.8 Å². The van der Waals surface area contributed by atoms with Gasteiger partial charge >= 0.3 is 9.53 Å². The van der Waals surface area contributed by atoms with Crippen LogP contribution in [0.1, 0.15) is 97.8 Å². The first-order chi connectivity index (χ1) is 10.8. The van der Waals surface area contributed by atoms with Crippen molar-refractivity contribution >= 4 is 9.53 Å². The lowest BCUT2D eigenvalue weighted by molar-refractivity contribution is 0.107. The standard InChI is InChI=1S/C12H24.C6H16O3Si.H3N/c1-2-4-6-8-10-12-11-9-7-5-3-1;1-4-7-10(8-5-2)9-6-3;/h1-12H2;10H,4-6H2,1-3H3;1H3. The average molecular weight is 350 g/mol. The van der Waals surface area contributed by atoms with Crippen LogP contribution in [-0.4, -0.2) is 29.3 Å². The summed E-state index contributed by atoms with van der Waals surface area (Å²) in [4.78, 5) is 0.